The molecule has 0 radical (unpaired) electrons. The first-order valence-electron chi connectivity index (χ1n) is 7.86. The van der Waals surface area contributed by atoms with Crippen molar-refractivity contribution >= 4 is 11.5 Å². The first kappa shape index (κ1) is 16.7. The number of allylic oxidation sites excluding steroid dienone is 1. The molecule has 22 heavy (non-hydrogen) atoms. The molecule has 0 unspecified atom stereocenters. The van der Waals surface area contributed by atoms with Gasteiger partial charge in [-0.1, -0.05) is 50.3 Å². The fourth-order valence-corrected chi connectivity index (χ4v) is 2.83. The molecule has 1 fully saturated rings. The number of hydrogen-bond acceptors (Lipinski definition) is 3. The van der Waals surface area contributed by atoms with Crippen LogP contribution >= 0.6 is 0 Å². The van der Waals surface area contributed by atoms with Crippen molar-refractivity contribution in [3.05, 3.63) is 42.0 Å². The van der Waals surface area contributed by atoms with Gasteiger partial charge in [-0.05, 0) is 23.5 Å². The van der Waals surface area contributed by atoms with Gasteiger partial charge in [0.15, 0.2) is 0 Å². The molecule has 4 nitrogen and oxygen atoms in total. The minimum absolute atomic E-state index is 0.307. The number of β-amino-alcohol motifs (C(OH)–C–C–N with tert-alkyl or cyclic N) is 1. The molecular formula is C18H25NO3. The monoisotopic (exact) mass is 303 g/mol. The molecule has 1 aliphatic rings. The number of benzene rings is 1. The third-order valence-corrected chi connectivity index (χ3v) is 4.02. The number of aliphatic carboxylic acids is 1. The van der Waals surface area contributed by atoms with Crippen molar-refractivity contribution in [2.45, 2.75) is 38.8 Å². The number of rotatable bonds is 6. The molecule has 2 atom stereocenters. The lowest BCUT2D eigenvalue weighted by Gasteiger charge is -2.23. The second-order valence-electron chi connectivity index (χ2n) is 6.40. The van der Waals surface area contributed by atoms with Crippen LogP contribution in [0.15, 0.2) is 36.4 Å². The lowest BCUT2D eigenvalue weighted by Crippen LogP contribution is -2.37. The van der Waals surface area contributed by atoms with E-state index >= 15 is 0 Å². The van der Waals surface area contributed by atoms with Crippen molar-refractivity contribution in [2.75, 3.05) is 13.1 Å². The standard InChI is InChI=1S/C18H25NO3/c1-13(2)8-9-15(14-6-4-3-5-7-14)11-19-12-16(20)10-17(19)18(21)22/h3-7,9,13,16-17,20H,8,10-12H2,1-2H3,(H,21,22)/t16-,17+/m1/s1. The van der Waals surface area contributed by atoms with Crippen molar-refractivity contribution in [1.82, 2.24) is 4.90 Å². The van der Waals surface area contributed by atoms with E-state index in [0.29, 0.717) is 25.4 Å². The minimum atomic E-state index is -0.854. The topological polar surface area (TPSA) is 60.8 Å². The average Bonchev–Trinajstić information content (AvgIpc) is 2.85. The molecule has 0 bridgehead atoms. The number of nitrogens with zero attached hydrogens (tertiary/aromatic N) is 1. The summed E-state index contributed by atoms with van der Waals surface area (Å²) in [6.07, 6.45) is 2.91. The van der Waals surface area contributed by atoms with Gasteiger partial charge in [0.1, 0.15) is 6.04 Å². The molecule has 120 valence electrons. The highest BCUT2D eigenvalue weighted by molar-refractivity contribution is 5.75. The summed E-state index contributed by atoms with van der Waals surface area (Å²) < 4.78 is 0. The molecule has 1 heterocycles. The van der Waals surface area contributed by atoms with Gasteiger partial charge in [-0.25, -0.2) is 0 Å². The van der Waals surface area contributed by atoms with Crippen LogP contribution in [-0.2, 0) is 4.79 Å². The maximum Gasteiger partial charge on any atom is 0.321 e. The largest absolute Gasteiger partial charge is 0.480 e. The van der Waals surface area contributed by atoms with Crippen LogP contribution in [0, 0.1) is 5.92 Å². The summed E-state index contributed by atoms with van der Waals surface area (Å²) in [7, 11) is 0. The molecule has 0 aromatic heterocycles. The number of aliphatic hydroxyl groups is 1. The minimum Gasteiger partial charge on any atom is -0.480 e. The Balaban J connectivity index is 2.19. The maximum atomic E-state index is 11.4. The van der Waals surface area contributed by atoms with Crippen LogP contribution < -0.4 is 0 Å². The summed E-state index contributed by atoms with van der Waals surface area (Å²) in [5.74, 6) is -0.300. The average molecular weight is 303 g/mol. The van der Waals surface area contributed by atoms with Crippen molar-refractivity contribution < 1.29 is 15.0 Å². The Labute approximate surface area is 132 Å². The van der Waals surface area contributed by atoms with Gasteiger partial charge in [-0.15, -0.1) is 0 Å². The molecular weight excluding hydrogens is 278 g/mol. The molecule has 0 spiro atoms. The van der Waals surface area contributed by atoms with E-state index in [1.165, 1.54) is 0 Å². The summed E-state index contributed by atoms with van der Waals surface area (Å²) in [5.41, 5.74) is 2.25. The number of likely N-dealkylation sites (tertiary alicyclic amines) is 1. The third kappa shape index (κ3) is 4.42. The van der Waals surface area contributed by atoms with Gasteiger partial charge >= 0.3 is 5.97 Å². The van der Waals surface area contributed by atoms with Crippen LogP contribution in [-0.4, -0.2) is 46.3 Å². The molecule has 2 rings (SSSR count). The van der Waals surface area contributed by atoms with Crippen LogP contribution in [0.2, 0.25) is 0 Å². The Hall–Kier alpha value is -1.65. The number of carbonyl (C=O) groups is 1. The van der Waals surface area contributed by atoms with Gasteiger partial charge in [-0.2, -0.15) is 0 Å². The molecule has 0 amide bonds. The summed E-state index contributed by atoms with van der Waals surface area (Å²) >= 11 is 0. The first-order chi connectivity index (χ1) is 10.5. The highest BCUT2D eigenvalue weighted by atomic mass is 16.4. The zero-order chi connectivity index (χ0) is 16.1. The highest BCUT2D eigenvalue weighted by Gasteiger charge is 2.36. The summed E-state index contributed by atoms with van der Waals surface area (Å²) in [5, 5.41) is 19.1. The quantitative estimate of drug-likeness (QED) is 0.848. The number of aliphatic hydroxyl groups excluding tert-OH is 1. The van der Waals surface area contributed by atoms with Crippen molar-refractivity contribution in [1.29, 1.82) is 0 Å². The van der Waals surface area contributed by atoms with Crippen molar-refractivity contribution in [2.24, 2.45) is 5.92 Å². The summed E-state index contributed by atoms with van der Waals surface area (Å²) in [4.78, 5) is 13.2. The lowest BCUT2D eigenvalue weighted by molar-refractivity contribution is -0.141. The Bertz CT molecular complexity index is 524. The van der Waals surface area contributed by atoms with E-state index in [1.54, 1.807) is 0 Å². The van der Waals surface area contributed by atoms with Crippen molar-refractivity contribution in [3.8, 4) is 0 Å². The van der Waals surface area contributed by atoms with Crippen LogP contribution in [0.25, 0.3) is 5.57 Å². The predicted octanol–water partition coefficient (Wildman–Crippen LogP) is 2.64. The predicted molar refractivity (Wildman–Crippen MR) is 87.5 cm³/mol. The molecule has 1 aromatic rings. The zero-order valence-corrected chi connectivity index (χ0v) is 13.3. The van der Waals surface area contributed by atoms with Gasteiger partial charge in [0.05, 0.1) is 6.10 Å². The van der Waals surface area contributed by atoms with Gasteiger partial charge in [0.2, 0.25) is 0 Å². The Morgan fingerprint density at radius 3 is 2.64 bits per heavy atom. The molecule has 2 N–H and O–H groups in total. The molecule has 4 heteroatoms. The normalized spacial score (nSPS) is 23.2. The Morgan fingerprint density at radius 2 is 2.05 bits per heavy atom. The first-order valence-corrected chi connectivity index (χ1v) is 7.86. The third-order valence-electron chi connectivity index (χ3n) is 4.02. The zero-order valence-electron chi connectivity index (χ0n) is 13.3. The van der Waals surface area contributed by atoms with Crippen LogP contribution in [0.5, 0.6) is 0 Å². The maximum absolute atomic E-state index is 11.4. The van der Waals surface area contributed by atoms with Crippen LogP contribution in [0.3, 0.4) is 0 Å². The van der Waals surface area contributed by atoms with E-state index < -0.39 is 18.1 Å². The van der Waals surface area contributed by atoms with Gasteiger partial charge in [0.25, 0.3) is 0 Å². The molecule has 0 aliphatic carbocycles. The second kappa shape index (κ2) is 7.56. The fraction of sp³-hybridized carbons (Fsp3) is 0.500. The molecule has 1 saturated heterocycles. The number of hydrogen-bond donors (Lipinski definition) is 2. The fourth-order valence-electron chi connectivity index (χ4n) is 2.83. The van der Waals surface area contributed by atoms with Gasteiger partial charge < -0.3 is 10.2 Å². The van der Waals surface area contributed by atoms with Gasteiger partial charge in [0, 0.05) is 19.5 Å². The second-order valence-corrected chi connectivity index (χ2v) is 6.40. The number of carboxylic acid groups (broad SMARTS) is 1. The Morgan fingerprint density at radius 1 is 1.36 bits per heavy atom. The van der Waals surface area contributed by atoms with Crippen LogP contribution in [0.4, 0.5) is 0 Å². The molecule has 1 aliphatic heterocycles. The number of carboxylic acids is 1. The van der Waals surface area contributed by atoms with E-state index in [-0.39, 0.29) is 0 Å². The van der Waals surface area contributed by atoms with E-state index in [9.17, 15) is 15.0 Å². The van der Waals surface area contributed by atoms with E-state index in [0.717, 1.165) is 17.6 Å². The van der Waals surface area contributed by atoms with E-state index in [2.05, 4.69) is 32.1 Å². The SMILES string of the molecule is CC(C)CC=C(CN1C[C@H](O)C[C@H]1C(=O)O)c1ccccc1. The Kier molecular flexibility index (Phi) is 5.75. The van der Waals surface area contributed by atoms with Crippen LogP contribution in [0.1, 0.15) is 32.3 Å². The lowest BCUT2D eigenvalue weighted by atomic mass is 10.0. The summed E-state index contributed by atoms with van der Waals surface area (Å²) in [6.45, 7) is 5.31. The molecule has 1 aromatic carbocycles. The van der Waals surface area contributed by atoms with Crippen molar-refractivity contribution in [3.63, 3.8) is 0 Å². The van der Waals surface area contributed by atoms with E-state index in [1.807, 2.05) is 23.1 Å². The van der Waals surface area contributed by atoms with Gasteiger partial charge in [-0.3, -0.25) is 9.69 Å². The highest BCUT2D eigenvalue weighted by Crippen LogP contribution is 2.24. The smallest absolute Gasteiger partial charge is 0.321 e. The molecule has 0 saturated carbocycles. The van der Waals surface area contributed by atoms with E-state index in [4.69, 9.17) is 0 Å². The summed E-state index contributed by atoms with van der Waals surface area (Å²) in [6, 6.07) is 9.46.